The van der Waals surface area contributed by atoms with Gasteiger partial charge in [-0.2, -0.15) is 0 Å². The Morgan fingerprint density at radius 1 is 1.05 bits per heavy atom. The zero-order valence-corrected chi connectivity index (χ0v) is 13.1. The molecule has 4 aliphatic carbocycles. The third kappa shape index (κ3) is 2.60. The Morgan fingerprint density at radius 3 is 2.14 bits per heavy atom. The van der Waals surface area contributed by atoms with Crippen molar-refractivity contribution in [1.29, 1.82) is 0 Å². The number of esters is 1. The molecule has 0 saturated heterocycles. The Bertz CT molecular complexity index is 552. The predicted octanol–water partition coefficient (Wildman–Crippen LogP) is 4.60. The molecular weight excluding hydrogens is 272 g/mol. The van der Waals surface area contributed by atoms with Crippen molar-refractivity contribution in [3.05, 3.63) is 42.5 Å². The van der Waals surface area contributed by atoms with E-state index in [0.717, 1.165) is 48.2 Å². The fourth-order valence-corrected chi connectivity index (χ4v) is 5.38. The Kier molecular flexibility index (Phi) is 3.36. The van der Waals surface area contributed by atoms with Gasteiger partial charge in [-0.25, -0.2) is 0 Å². The first-order valence-electron chi connectivity index (χ1n) is 8.57. The zero-order valence-electron chi connectivity index (χ0n) is 13.1. The summed E-state index contributed by atoms with van der Waals surface area (Å²) in [5.41, 5.74) is 1.75. The molecule has 2 nitrogen and oxygen atoms in total. The highest BCUT2D eigenvalue weighted by molar-refractivity contribution is 5.84. The minimum absolute atomic E-state index is 0.0872. The summed E-state index contributed by atoms with van der Waals surface area (Å²) >= 11 is 0. The van der Waals surface area contributed by atoms with Gasteiger partial charge in [-0.05, 0) is 67.4 Å². The van der Waals surface area contributed by atoms with Gasteiger partial charge >= 0.3 is 5.97 Å². The minimum atomic E-state index is -0.136. The molecule has 0 heterocycles. The molecule has 4 saturated carbocycles. The van der Waals surface area contributed by atoms with E-state index in [2.05, 4.69) is 6.58 Å². The van der Waals surface area contributed by atoms with E-state index >= 15 is 0 Å². The Balaban J connectivity index is 1.41. The van der Waals surface area contributed by atoms with Crippen molar-refractivity contribution in [1.82, 2.24) is 0 Å². The van der Waals surface area contributed by atoms with E-state index < -0.39 is 0 Å². The monoisotopic (exact) mass is 296 g/mol. The van der Waals surface area contributed by atoms with Gasteiger partial charge in [0, 0.05) is 0 Å². The van der Waals surface area contributed by atoms with Gasteiger partial charge in [-0.1, -0.05) is 36.9 Å². The summed E-state index contributed by atoms with van der Waals surface area (Å²) in [5, 5.41) is 0. The molecule has 0 radical (unpaired) electrons. The Labute approximate surface area is 132 Å². The molecule has 4 aliphatic rings. The third-order valence-corrected chi connectivity index (χ3v) is 5.85. The van der Waals surface area contributed by atoms with Crippen LogP contribution in [0.25, 0.3) is 5.57 Å². The molecule has 4 fully saturated rings. The summed E-state index contributed by atoms with van der Waals surface area (Å²) in [7, 11) is 0. The fourth-order valence-electron chi connectivity index (χ4n) is 5.38. The van der Waals surface area contributed by atoms with Gasteiger partial charge in [-0.15, -0.1) is 0 Å². The number of carbonyl (C=O) groups is 1. The predicted molar refractivity (Wildman–Crippen MR) is 87.1 cm³/mol. The van der Waals surface area contributed by atoms with Crippen molar-refractivity contribution < 1.29 is 9.53 Å². The number of hydrogen-bond donors (Lipinski definition) is 0. The van der Waals surface area contributed by atoms with Crippen LogP contribution in [0, 0.1) is 17.8 Å². The number of benzene rings is 1. The van der Waals surface area contributed by atoms with Crippen LogP contribution in [0.2, 0.25) is 0 Å². The second-order valence-corrected chi connectivity index (χ2v) is 7.72. The average molecular weight is 296 g/mol. The Hall–Kier alpha value is -1.57. The normalized spacial score (nSPS) is 35.4. The van der Waals surface area contributed by atoms with Crippen LogP contribution in [0.15, 0.2) is 36.9 Å². The number of rotatable bonds is 4. The molecule has 0 amide bonds. The van der Waals surface area contributed by atoms with Crippen molar-refractivity contribution in [2.45, 2.75) is 50.5 Å². The molecule has 1 aromatic carbocycles. The van der Waals surface area contributed by atoms with E-state index in [1.807, 2.05) is 30.3 Å². The van der Waals surface area contributed by atoms with E-state index in [9.17, 15) is 4.79 Å². The summed E-state index contributed by atoms with van der Waals surface area (Å²) < 4.78 is 6.04. The van der Waals surface area contributed by atoms with Gasteiger partial charge in [-0.3, -0.25) is 4.79 Å². The lowest BCUT2D eigenvalue weighted by molar-refractivity contribution is -0.185. The van der Waals surface area contributed by atoms with E-state index in [-0.39, 0.29) is 11.6 Å². The van der Waals surface area contributed by atoms with Gasteiger partial charge in [0.15, 0.2) is 0 Å². The maximum absolute atomic E-state index is 12.4. The topological polar surface area (TPSA) is 26.3 Å². The highest BCUT2D eigenvalue weighted by atomic mass is 16.6. The molecule has 5 rings (SSSR count). The van der Waals surface area contributed by atoms with E-state index in [1.54, 1.807) is 0 Å². The third-order valence-electron chi connectivity index (χ3n) is 5.85. The first-order valence-corrected chi connectivity index (χ1v) is 8.57. The van der Waals surface area contributed by atoms with Gasteiger partial charge in [0.25, 0.3) is 0 Å². The second-order valence-electron chi connectivity index (χ2n) is 7.72. The molecule has 22 heavy (non-hydrogen) atoms. The van der Waals surface area contributed by atoms with Crippen molar-refractivity contribution in [3.63, 3.8) is 0 Å². The van der Waals surface area contributed by atoms with Crippen LogP contribution in [0.5, 0.6) is 0 Å². The van der Waals surface area contributed by atoms with Crippen LogP contribution in [0.3, 0.4) is 0 Å². The maximum Gasteiger partial charge on any atom is 0.310 e. The molecular formula is C20H24O2. The minimum Gasteiger partial charge on any atom is -0.459 e. The van der Waals surface area contributed by atoms with Crippen molar-refractivity contribution in [2.24, 2.45) is 17.8 Å². The van der Waals surface area contributed by atoms with Crippen LogP contribution in [-0.2, 0) is 9.53 Å². The summed E-state index contributed by atoms with van der Waals surface area (Å²) in [6.45, 7) is 4.06. The Morgan fingerprint density at radius 2 is 1.59 bits per heavy atom. The first kappa shape index (κ1) is 14.0. The number of ether oxygens (including phenoxy) is 1. The summed E-state index contributed by atoms with van der Waals surface area (Å²) in [6, 6.07) is 9.93. The largest absolute Gasteiger partial charge is 0.459 e. The molecule has 0 N–H and O–H groups in total. The first-order chi connectivity index (χ1) is 10.6. The van der Waals surface area contributed by atoms with Crippen molar-refractivity contribution in [2.75, 3.05) is 0 Å². The summed E-state index contributed by atoms with van der Waals surface area (Å²) in [4.78, 5) is 12.4. The molecule has 1 aromatic rings. The highest BCUT2D eigenvalue weighted by Crippen LogP contribution is 2.57. The SMILES string of the molecule is C=C(CC(=O)OC12CC3CC(CC(C3)C1)C2)c1ccccc1. The molecule has 0 unspecified atom stereocenters. The van der Waals surface area contributed by atoms with Crippen molar-refractivity contribution >= 4 is 11.5 Å². The molecule has 0 spiro atoms. The van der Waals surface area contributed by atoms with Crippen molar-refractivity contribution in [3.8, 4) is 0 Å². The van der Waals surface area contributed by atoms with Gasteiger partial charge in [0.05, 0.1) is 6.42 Å². The zero-order chi connectivity index (χ0) is 15.2. The van der Waals surface area contributed by atoms with Gasteiger partial charge in [0.1, 0.15) is 5.60 Å². The lowest BCUT2D eigenvalue weighted by atomic mass is 9.54. The van der Waals surface area contributed by atoms with Crippen LogP contribution >= 0.6 is 0 Å². The lowest BCUT2D eigenvalue weighted by Gasteiger charge is -2.55. The molecule has 0 aliphatic heterocycles. The maximum atomic E-state index is 12.4. The average Bonchev–Trinajstić information content (AvgIpc) is 2.45. The fraction of sp³-hybridized carbons (Fsp3) is 0.550. The molecule has 0 aromatic heterocycles. The van der Waals surface area contributed by atoms with E-state index in [1.165, 1.54) is 19.3 Å². The lowest BCUT2D eigenvalue weighted by Crippen LogP contribution is -2.52. The smallest absolute Gasteiger partial charge is 0.310 e. The quantitative estimate of drug-likeness (QED) is 0.759. The molecule has 116 valence electrons. The van der Waals surface area contributed by atoms with E-state index in [0.29, 0.717) is 6.42 Å². The van der Waals surface area contributed by atoms with E-state index in [4.69, 9.17) is 4.74 Å². The van der Waals surface area contributed by atoms with Crippen LogP contribution in [0.4, 0.5) is 0 Å². The van der Waals surface area contributed by atoms with Gasteiger partial charge < -0.3 is 4.74 Å². The summed E-state index contributed by atoms with van der Waals surface area (Å²) in [6.07, 6.45) is 7.72. The second kappa shape index (κ2) is 5.26. The molecule has 0 atom stereocenters. The van der Waals surface area contributed by atoms with Gasteiger partial charge in [0.2, 0.25) is 0 Å². The number of hydrogen-bond acceptors (Lipinski definition) is 2. The summed E-state index contributed by atoms with van der Waals surface area (Å²) in [5.74, 6) is 2.32. The van der Waals surface area contributed by atoms with Crippen LogP contribution in [0.1, 0.15) is 50.5 Å². The van der Waals surface area contributed by atoms with Crippen LogP contribution in [-0.4, -0.2) is 11.6 Å². The standard InChI is InChI=1S/C20H24O2/c1-14(18-5-3-2-4-6-18)7-19(21)22-20-11-15-8-16(12-20)10-17(9-15)13-20/h2-6,15-17H,1,7-13H2. The molecule has 2 heteroatoms. The highest BCUT2D eigenvalue weighted by Gasteiger charge is 2.53. The molecule has 4 bridgehead atoms. The van der Waals surface area contributed by atoms with Crippen LogP contribution < -0.4 is 0 Å². The number of carbonyl (C=O) groups excluding carboxylic acids is 1.